The third-order valence-electron chi connectivity index (χ3n) is 4.35. The minimum Gasteiger partial charge on any atom is -0.493 e. The van der Waals surface area contributed by atoms with Gasteiger partial charge in [0.05, 0.1) is 26.9 Å². The normalized spacial score (nSPS) is 17.0. The van der Waals surface area contributed by atoms with E-state index in [4.69, 9.17) is 18.9 Å². The maximum absolute atomic E-state index is 12.3. The maximum atomic E-state index is 12.3. The van der Waals surface area contributed by atoms with Crippen LogP contribution in [0.4, 0.5) is 0 Å². The summed E-state index contributed by atoms with van der Waals surface area (Å²) < 4.78 is 20.8. The van der Waals surface area contributed by atoms with E-state index in [9.17, 15) is 9.59 Å². The van der Waals surface area contributed by atoms with Gasteiger partial charge in [-0.1, -0.05) is 0 Å². The van der Waals surface area contributed by atoms with Crippen molar-refractivity contribution in [3.05, 3.63) is 17.7 Å². The number of piperidine rings is 1. The van der Waals surface area contributed by atoms with E-state index in [1.54, 1.807) is 4.90 Å². The predicted molar refractivity (Wildman–Crippen MR) is 91.4 cm³/mol. The quantitative estimate of drug-likeness (QED) is 0.732. The van der Waals surface area contributed by atoms with Gasteiger partial charge in [-0.3, -0.25) is 4.79 Å². The average molecular weight is 351 g/mol. The molecule has 0 aromatic heterocycles. The van der Waals surface area contributed by atoms with Crippen molar-refractivity contribution in [2.45, 2.75) is 32.2 Å². The van der Waals surface area contributed by atoms with Gasteiger partial charge < -0.3 is 23.8 Å². The summed E-state index contributed by atoms with van der Waals surface area (Å²) in [6.45, 7) is 2.44. The van der Waals surface area contributed by atoms with E-state index < -0.39 is 5.97 Å². The van der Waals surface area contributed by atoms with Gasteiger partial charge in [0.1, 0.15) is 0 Å². The van der Waals surface area contributed by atoms with Gasteiger partial charge in [-0.05, 0) is 38.3 Å². The molecule has 1 atom stereocenters. The molecule has 25 heavy (non-hydrogen) atoms. The van der Waals surface area contributed by atoms with Gasteiger partial charge in [-0.2, -0.15) is 0 Å². The van der Waals surface area contributed by atoms with Crippen molar-refractivity contribution < 1.29 is 28.5 Å². The Bertz CT molecular complexity index is 605. The Kier molecular flexibility index (Phi) is 6.50. The third kappa shape index (κ3) is 4.35. The molecule has 138 valence electrons. The molecule has 0 aliphatic carbocycles. The Balaban J connectivity index is 2.06. The van der Waals surface area contributed by atoms with Crippen LogP contribution in [0, 0.1) is 0 Å². The zero-order valence-corrected chi connectivity index (χ0v) is 15.2. The zero-order valence-electron chi connectivity index (χ0n) is 15.2. The second kappa shape index (κ2) is 8.60. The number of esters is 1. The second-order valence-corrected chi connectivity index (χ2v) is 5.92. The van der Waals surface area contributed by atoms with E-state index >= 15 is 0 Å². The molecule has 1 heterocycles. The molecule has 1 aliphatic rings. The molecule has 1 aromatic rings. The van der Waals surface area contributed by atoms with Gasteiger partial charge in [0, 0.05) is 12.6 Å². The molecule has 0 radical (unpaired) electrons. The number of ether oxygens (including phenoxy) is 4. The van der Waals surface area contributed by atoms with Crippen molar-refractivity contribution >= 4 is 11.9 Å². The predicted octanol–water partition coefficient (Wildman–Crippen LogP) is 2.27. The molecule has 0 unspecified atom stereocenters. The highest BCUT2D eigenvalue weighted by Crippen LogP contribution is 2.38. The summed E-state index contributed by atoms with van der Waals surface area (Å²) in [6, 6.07) is 3.18. The fourth-order valence-electron chi connectivity index (χ4n) is 2.96. The number of amides is 1. The molecule has 2 rings (SSSR count). The van der Waals surface area contributed by atoms with Crippen molar-refractivity contribution in [2.75, 3.05) is 34.5 Å². The van der Waals surface area contributed by atoms with Gasteiger partial charge >= 0.3 is 5.97 Å². The highest BCUT2D eigenvalue weighted by Gasteiger charge is 2.25. The molecular weight excluding hydrogens is 326 g/mol. The zero-order chi connectivity index (χ0) is 18.4. The standard InChI is InChI=1S/C18H25NO6/c1-12-7-5-6-8-19(12)16(20)11-25-18(21)13-9-14(22-2)17(24-4)15(10-13)23-3/h9-10,12H,5-8,11H2,1-4H3/t12-/m1/s1. The Morgan fingerprint density at radius 1 is 1.08 bits per heavy atom. The first-order valence-electron chi connectivity index (χ1n) is 8.28. The third-order valence-corrected chi connectivity index (χ3v) is 4.35. The average Bonchev–Trinajstić information content (AvgIpc) is 2.64. The summed E-state index contributed by atoms with van der Waals surface area (Å²) in [7, 11) is 4.41. The number of hydrogen-bond acceptors (Lipinski definition) is 6. The summed E-state index contributed by atoms with van der Waals surface area (Å²) in [6.07, 6.45) is 3.08. The lowest BCUT2D eigenvalue weighted by Gasteiger charge is -2.33. The Morgan fingerprint density at radius 3 is 2.24 bits per heavy atom. The van der Waals surface area contributed by atoms with E-state index in [-0.39, 0.29) is 24.1 Å². The highest BCUT2D eigenvalue weighted by molar-refractivity contribution is 5.92. The van der Waals surface area contributed by atoms with E-state index in [1.807, 2.05) is 6.92 Å². The number of carbonyl (C=O) groups is 2. The monoisotopic (exact) mass is 351 g/mol. The van der Waals surface area contributed by atoms with Gasteiger partial charge in [-0.15, -0.1) is 0 Å². The number of likely N-dealkylation sites (tertiary alicyclic amines) is 1. The van der Waals surface area contributed by atoms with Crippen LogP contribution in [0.5, 0.6) is 17.2 Å². The maximum Gasteiger partial charge on any atom is 0.338 e. The number of nitrogens with zero attached hydrogens (tertiary/aromatic N) is 1. The van der Waals surface area contributed by atoms with E-state index in [1.165, 1.54) is 33.5 Å². The lowest BCUT2D eigenvalue weighted by Crippen LogP contribution is -2.44. The number of carbonyl (C=O) groups excluding carboxylic acids is 2. The fraction of sp³-hybridized carbons (Fsp3) is 0.556. The summed E-state index contributed by atoms with van der Waals surface area (Å²) >= 11 is 0. The van der Waals surface area contributed by atoms with Gasteiger partial charge in [0.25, 0.3) is 5.91 Å². The van der Waals surface area contributed by atoms with E-state index in [0.29, 0.717) is 23.8 Å². The second-order valence-electron chi connectivity index (χ2n) is 5.92. The SMILES string of the molecule is COc1cc(C(=O)OCC(=O)N2CCCC[C@H]2C)cc(OC)c1OC. The Hall–Kier alpha value is -2.44. The van der Waals surface area contributed by atoms with Gasteiger partial charge in [-0.25, -0.2) is 4.79 Å². The highest BCUT2D eigenvalue weighted by atomic mass is 16.5. The summed E-state index contributed by atoms with van der Waals surface area (Å²) in [5.74, 6) is 0.305. The van der Waals surface area contributed by atoms with Crippen LogP contribution >= 0.6 is 0 Å². The lowest BCUT2D eigenvalue weighted by molar-refractivity contribution is -0.137. The van der Waals surface area contributed by atoms with E-state index in [0.717, 1.165) is 19.3 Å². The van der Waals surface area contributed by atoms with Crippen LogP contribution in [-0.2, 0) is 9.53 Å². The molecule has 1 aromatic carbocycles. The van der Waals surface area contributed by atoms with Crippen LogP contribution in [-0.4, -0.2) is 57.3 Å². The van der Waals surface area contributed by atoms with Crippen molar-refractivity contribution in [1.82, 2.24) is 4.90 Å². The van der Waals surface area contributed by atoms with Crippen LogP contribution in [0.1, 0.15) is 36.5 Å². The molecule has 7 nitrogen and oxygen atoms in total. The molecule has 1 saturated heterocycles. The van der Waals surface area contributed by atoms with Crippen molar-refractivity contribution in [3.8, 4) is 17.2 Å². The van der Waals surface area contributed by atoms with Crippen LogP contribution in [0.2, 0.25) is 0 Å². The van der Waals surface area contributed by atoms with Crippen LogP contribution in [0.25, 0.3) is 0 Å². The minimum atomic E-state index is -0.614. The van der Waals surface area contributed by atoms with E-state index in [2.05, 4.69) is 0 Å². The van der Waals surface area contributed by atoms with Crippen LogP contribution in [0.15, 0.2) is 12.1 Å². The molecule has 0 spiro atoms. The molecule has 1 aliphatic heterocycles. The molecule has 0 saturated carbocycles. The number of hydrogen-bond donors (Lipinski definition) is 0. The molecule has 1 fully saturated rings. The Morgan fingerprint density at radius 2 is 1.72 bits per heavy atom. The summed E-state index contributed by atoms with van der Waals surface area (Å²) in [4.78, 5) is 26.3. The number of benzene rings is 1. The molecule has 7 heteroatoms. The topological polar surface area (TPSA) is 74.3 Å². The van der Waals surface area contributed by atoms with Crippen LogP contribution < -0.4 is 14.2 Å². The van der Waals surface area contributed by atoms with Crippen molar-refractivity contribution in [1.29, 1.82) is 0 Å². The van der Waals surface area contributed by atoms with Crippen molar-refractivity contribution in [2.24, 2.45) is 0 Å². The molecule has 1 amide bonds. The first-order valence-corrected chi connectivity index (χ1v) is 8.28. The smallest absolute Gasteiger partial charge is 0.338 e. The molecule has 0 bridgehead atoms. The largest absolute Gasteiger partial charge is 0.493 e. The first-order chi connectivity index (χ1) is 12.0. The first kappa shape index (κ1) is 18.9. The summed E-state index contributed by atoms with van der Waals surface area (Å²) in [5.41, 5.74) is 0.231. The Labute approximate surface area is 147 Å². The minimum absolute atomic E-state index is 0.173. The van der Waals surface area contributed by atoms with Crippen LogP contribution in [0.3, 0.4) is 0 Å². The lowest BCUT2D eigenvalue weighted by atomic mass is 10.0. The fourth-order valence-corrected chi connectivity index (χ4v) is 2.96. The van der Waals surface area contributed by atoms with Gasteiger partial charge in [0.15, 0.2) is 18.1 Å². The summed E-state index contributed by atoms with van der Waals surface area (Å²) in [5, 5.41) is 0. The van der Waals surface area contributed by atoms with Gasteiger partial charge in [0.2, 0.25) is 5.75 Å². The number of methoxy groups -OCH3 is 3. The molecular formula is C18H25NO6. The van der Waals surface area contributed by atoms with Crippen molar-refractivity contribution in [3.63, 3.8) is 0 Å². The number of rotatable bonds is 6. The molecule has 0 N–H and O–H groups in total.